The number of rotatable bonds is 11. The molecule has 0 saturated carbocycles. The zero-order valence-corrected chi connectivity index (χ0v) is 20.5. The van der Waals surface area contributed by atoms with Crippen LogP contribution in [0.2, 0.25) is 0 Å². The van der Waals surface area contributed by atoms with E-state index in [0.29, 0.717) is 11.3 Å². The van der Waals surface area contributed by atoms with Crippen molar-refractivity contribution in [2.45, 2.75) is 52.6 Å². The molecule has 36 heavy (non-hydrogen) atoms. The third-order valence-corrected chi connectivity index (χ3v) is 5.02. The molecule has 3 rings (SSSR count). The molecule has 0 bridgehead atoms. The fourth-order valence-electron chi connectivity index (χ4n) is 3.53. The summed E-state index contributed by atoms with van der Waals surface area (Å²) in [6.45, 7) is 7.09. The van der Waals surface area contributed by atoms with Crippen molar-refractivity contribution >= 4 is 11.7 Å². The minimum Gasteiger partial charge on any atom is -0.497 e. The van der Waals surface area contributed by atoms with E-state index >= 15 is 0 Å². The van der Waals surface area contributed by atoms with Gasteiger partial charge in [-0.3, -0.25) is 10.1 Å². The van der Waals surface area contributed by atoms with Crippen molar-refractivity contribution in [3.05, 3.63) is 69.0 Å². The average Bonchev–Trinajstić information content (AvgIpc) is 3.23. The summed E-state index contributed by atoms with van der Waals surface area (Å²) in [5.41, 5.74) is -0.715. The van der Waals surface area contributed by atoms with Crippen LogP contribution < -0.4 is 14.2 Å². The van der Waals surface area contributed by atoms with Gasteiger partial charge in [-0.05, 0) is 51.5 Å². The predicted molar refractivity (Wildman–Crippen MR) is 128 cm³/mol. The van der Waals surface area contributed by atoms with E-state index in [4.69, 9.17) is 14.2 Å². The average molecular weight is 501 g/mol. The summed E-state index contributed by atoms with van der Waals surface area (Å²) in [4.78, 5) is 23.3. The zero-order chi connectivity index (χ0) is 26.6. The highest BCUT2D eigenvalue weighted by molar-refractivity contribution is 5.87. The van der Waals surface area contributed by atoms with Gasteiger partial charge in [0.2, 0.25) is 0 Å². The molecule has 0 aliphatic carbocycles. The standard InChI is InChI=1S/C24H28N4O8/c1-13(2)35-19-10-17(18(28(32)33)11-20(19)36-14(3)4)23(29)21-22(24(30)31)27(26-25-21)12-15-6-8-16(34-5)9-7-15/h6-11,13-14,23,29H,12H2,1-5H3,(H,30,31). The highest BCUT2D eigenvalue weighted by Gasteiger charge is 2.32. The number of carboxylic acid groups (broad SMARTS) is 1. The number of benzene rings is 2. The normalized spacial score (nSPS) is 12.0. The van der Waals surface area contributed by atoms with Gasteiger partial charge in [0.25, 0.3) is 5.69 Å². The first-order chi connectivity index (χ1) is 17.0. The summed E-state index contributed by atoms with van der Waals surface area (Å²) >= 11 is 0. The fraction of sp³-hybridized carbons (Fsp3) is 0.375. The number of ether oxygens (including phenoxy) is 3. The third kappa shape index (κ3) is 5.89. The number of nitrogens with zero attached hydrogens (tertiary/aromatic N) is 4. The van der Waals surface area contributed by atoms with Crippen molar-refractivity contribution in [3.8, 4) is 17.2 Å². The highest BCUT2D eigenvalue weighted by atomic mass is 16.6. The maximum absolute atomic E-state index is 12.1. The summed E-state index contributed by atoms with van der Waals surface area (Å²) in [7, 11) is 1.53. The van der Waals surface area contributed by atoms with Crippen LogP contribution >= 0.6 is 0 Å². The number of aliphatic hydroxyl groups is 1. The molecule has 192 valence electrons. The lowest BCUT2D eigenvalue weighted by atomic mass is 10.0. The quantitative estimate of drug-likeness (QED) is 0.294. The van der Waals surface area contributed by atoms with E-state index in [1.165, 1.54) is 13.2 Å². The molecule has 0 radical (unpaired) electrons. The van der Waals surface area contributed by atoms with Crippen molar-refractivity contribution < 1.29 is 34.1 Å². The number of aromatic nitrogens is 3. The number of hydrogen-bond donors (Lipinski definition) is 2. The summed E-state index contributed by atoms with van der Waals surface area (Å²) in [6.07, 6.45) is -2.37. The van der Waals surface area contributed by atoms with Crippen molar-refractivity contribution in [2.24, 2.45) is 0 Å². The summed E-state index contributed by atoms with van der Waals surface area (Å²) in [6, 6.07) is 9.31. The van der Waals surface area contributed by atoms with Crippen LogP contribution in [0.1, 0.15) is 61.1 Å². The van der Waals surface area contributed by atoms with Gasteiger partial charge in [0, 0.05) is 0 Å². The molecule has 0 amide bonds. The first-order valence-corrected chi connectivity index (χ1v) is 11.1. The first-order valence-electron chi connectivity index (χ1n) is 11.1. The molecule has 1 unspecified atom stereocenters. The summed E-state index contributed by atoms with van der Waals surface area (Å²) in [5.74, 6) is -0.476. The number of carboxylic acids is 1. The Morgan fingerprint density at radius 3 is 2.17 bits per heavy atom. The lowest BCUT2D eigenvalue weighted by Gasteiger charge is -2.19. The van der Waals surface area contributed by atoms with Crippen molar-refractivity contribution in [1.29, 1.82) is 0 Å². The zero-order valence-electron chi connectivity index (χ0n) is 20.5. The van der Waals surface area contributed by atoms with Crippen molar-refractivity contribution in [2.75, 3.05) is 7.11 Å². The smallest absolute Gasteiger partial charge is 0.356 e. The Hall–Kier alpha value is -4.19. The van der Waals surface area contributed by atoms with Gasteiger partial charge in [0.15, 0.2) is 17.2 Å². The lowest BCUT2D eigenvalue weighted by molar-refractivity contribution is -0.386. The molecule has 0 saturated heterocycles. The highest BCUT2D eigenvalue weighted by Crippen LogP contribution is 2.40. The molecule has 1 heterocycles. The number of nitro groups is 1. The van der Waals surface area contributed by atoms with Crippen LogP contribution in [-0.2, 0) is 6.54 Å². The SMILES string of the molecule is COc1ccc(Cn2nnc(C(O)c3cc(OC(C)C)c(OC(C)C)cc3[N+](=O)[O-])c2C(=O)O)cc1. The molecular formula is C24H28N4O8. The Bertz CT molecular complexity index is 1240. The van der Waals surface area contributed by atoms with E-state index in [1.54, 1.807) is 52.0 Å². The number of aromatic carboxylic acids is 1. The Kier molecular flexibility index (Phi) is 8.10. The molecule has 0 fully saturated rings. The topological polar surface area (TPSA) is 159 Å². The number of nitro benzene ring substituents is 1. The van der Waals surface area contributed by atoms with Crippen LogP contribution in [0.3, 0.4) is 0 Å². The van der Waals surface area contributed by atoms with Gasteiger partial charge < -0.3 is 24.4 Å². The lowest BCUT2D eigenvalue weighted by Crippen LogP contribution is -2.16. The van der Waals surface area contributed by atoms with E-state index < -0.39 is 28.4 Å². The fourth-order valence-corrected chi connectivity index (χ4v) is 3.53. The Labute approximate surface area is 207 Å². The Morgan fingerprint density at radius 2 is 1.67 bits per heavy atom. The van der Waals surface area contributed by atoms with Gasteiger partial charge >= 0.3 is 5.97 Å². The van der Waals surface area contributed by atoms with Crippen LogP contribution in [-0.4, -0.2) is 55.4 Å². The maximum Gasteiger partial charge on any atom is 0.356 e. The molecule has 1 aromatic heterocycles. The second kappa shape index (κ2) is 11.0. The number of hydrogen-bond acceptors (Lipinski definition) is 9. The predicted octanol–water partition coefficient (Wildman–Crippen LogP) is 3.60. The number of aliphatic hydroxyl groups excluding tert-OH is 1. The molecule has 0 aliphatic rings. The molecule has 2 aromatic carbocycles. The molecule has 3 aromatic rings. The molecule has 0 aliphatic heterocycles. The largest absolute Gasteiger partial charge is 0.497 e. The molecular weight excluding hydrogens is 472 g/mol. The second-order valence-electron chi connectivity index (χ2n) is 8.48. The van der Waals surface area contributed by atoms with Crippen LogP contribution in [0.4, 0.5) is 5.69 Å². The van der Waals surface area contributed by atoms with Gasteiger partial charge in [0.1, 0.15) is 17.5 Å². The maximum atomic E-state index is 12.1. The van der Waals surface area contributed by atoms with Gasteiger partial charge in [-0.25, -0.2) is 9.48 Å². The van der Waals surface area contributed by atoms with Gasteiger partial charge in [-0.2, -0.15) is 0 Å². The Balaban J connectivity index is 2.08. The van der Waals surface area contributed by atoms with E-state index in [9.17, 15) is 25.1 Å². The minimum atomic E-state index is -1.77. The van der Waals surface area contributed by atoms with Gasteiger partial charge in [-0.1, -0.05) is 17.3 Å². The molecule has 1 atom stereocenters. The molecule has 12 nitrogen and oxygen atoms in total. The van der Waals surface area contributed by atoms with Crippen LogP contribution in [0.25, 0.3) is 0 Å². The summed E-state index contributed by atoms with van der Waals surface area (Å²) in [5, 5.41) is 40.6. The van der Waals surface area contributed by atoms with E-state index in [0.717, 1.165) is 10.7 Å². The first kappa shape index (κ1) is 26.4. The van der Waals surface area contributed by atoms with Gasteiger partial charge in [-0.15, -0.1) is 5.10 Å². The number of carbonyl (C=O) groups is 1. The van der Waals surface area contributed by atoms with Crippen molar-refractivity contribution in [1.82, 2.24) is 15.0 Å². The number of methoxy groups -OCH3 is 1. The summed E-state index contributed by atoms with van der Waals surface area (Å²) < 4.78 is 17.7. The monoisotopic (exact) mass is 500 g/mol. The van der Waals surface area contributed by atoms with Crippen LogP contribution in [0, 0.1) is 10.1 Å². The van der Waals surface area contributed by atoms with E-state index in [-0.39, 0.29) is 41.5 Å². The van der Waals surface area contributed by atoms with Crippen LogP contribution in [0.15, 0.2) is 36.4 Å². The van der Waals surface area contributed by atoms with Crippen molar-refractivity contribution in [3.63, 3.8) is 0 Å². The Morgan fingerprint density at radius 1 is 1.08 bits per heavy atom. The van der Waals surface area contributed by atoms with Gasteiger partial charge in [0.05, 0.1) is 42.4 Å². The molecule has 0 spiro atoms. The molecule has 2 N–H and O–H groups in total. The van der Waals surface area contributed by atoms with E-state index in [2.05, 4.69) is 10.3 Å². The third-order valence-electron chi connectivity index (χ3n) is 5.02. The second-order valence-corrected chi connectivity index (χ2v) is 8.48. The van der Waals surface area contributed by atoms with E-state index in [1.807, 2.05) is 0 Å². The minimum absolute atomic E-state index is 0.0380. The van der Waals surface area contributed by atoms with Crippen LogP contribution in [0.5, 0.6) is 17.2 Å². The molecule has 12 heteroatoms.